The third kappa shape index (κ3) is 2.35. The molecule has 5 heteroatoms. The van der Waals surface area contributed by atoms with Gasteiger partial charge in [-0.25, -0.2) is 9.97 Å². The van der Waals surface area contributed by atoms with E-state index in [2.05, 4.69) is 31.2 Å². The van der Waals surface area contributed by atoms with Crippen LogP contribution in [0.4, 0.5) is 5.82 Å². The Morgan fingerprint density at radius 2 is 2.42 bits per heavy atom. The van der Waals surface area contributed by atoms with Crippen molar-refractivity contribution >= 4 is 33.5 Å². The molecule has 0 saturated heterocycles. The Morgan fingerprint density at radius 1 is 1.67 bits per heavy atom. The highest BCUT2D eigenvalue weighted by molar-refractivity contribution is 9.10. The van der Waals surface area contributed by atoms with Gasteiger partial charge in [-0.15, -0.1) is 0 Å². The van der Waals surface area contributed by atoms with E-state index in [-0.39, 0.29) is 0 Å². The van der Waals surface area contributed by atoms with Crippen LogP contribution in [0.15, 0.2) is 10.7 Å². The Bertz CT molecular complexity index is 267. The molecule has 3 nitrogen and oxygen atoms in total. The van der Waals surface area contributed by atoms with Crippen LogP contribution in [-0.2, 0) is 5.75 Å². The number of anilines is 1. The number of hydrogen-bond acceptors (Lipinski definition) is 4. The molecule has 66 valence electrons. The van der Waals surface area contributed by atoms with E-state index in [4.69, 9.17) is 0 Å². The van der Waals surface area contributed by atoms with E-state index in [1.165, 1.54) is 0 Å². The molecule has 12 heavy (non-hydrogen) atoms. The molecule has 0 amide bonds. The predicted octanol–water partition coefficient (Wildman–Crippen LogP) is 2.14. The highest BCUT2D eigenvalue weighted by atomic mass is 79.9. The molecular weight excluding hydrogens is 238 g/mol. The fourth-order valence-corrected chi connectivity index (χ4v) is 1.56. The molecular formula is C7H10BrN3S. The van der Waals surface area contributed by atoms with Crippen molar-refractivity contribution in [2.24, 2.45) is 0 Å². The fourth-order valence-electron chi connectivity index (χ4n) is 0.778. The van der Waals surface area contributed by atoms with Gasteiger partial charge in [0.2, 0.25) is 0 Å². The normalized spacial score (nSPS) is 9.92. The first-order chi connectivity index (χ1) is 5.77. The van der Waals surface area contributed by atoms with Gasteiger partial charge >= 0.3 is 0 Å². The Balaban J connectivity index is 2.89. The van der Waals surface area contributed by atoms with Crippen LogP contribution in [0.2, 0.25) is 0 Å². The third-order valence-electron chi connectivity index (χ3n) is 1.30. The molecule has 0 saturated carbocycles. The number of hydrogen-bond donors (Lipinski definition) is 1. The lowest BCUT2D eigenvalue weighted by atomic mass is 10.5. The second kappa shape index (κ2) is 4.67. The summed E-state index contributed by atoms with van der Waals surface area (Å²) in [6.07, 6.45) is 3.80. The fraction of sp³-hybridized carbons (Fsp3) is 0.429. The molecule has 0 aliphatic rings. The monoisotopic (exact) mass is 247 g/mol. The molecule has 1 rings (SSSR count). The molecule has 1 N–H and O–H groups in total. The third-order valence-corrected chi connectivity index (χ3v) is 2.43. The zero-order valence-electron chi connectivity index (χ0n) is 6.97. The van der Waals surface area contributed by atoms with Crippen molar-refractivity contribution in [3.8, 4) is 0 Å². The SMILES string of the molecule is CNc1nc(CSC)ncc1Br. The summed E-state index contributed by atoms with van der Waals surface area (Å²) < 4.78 is 0.898. The maximum absolute atomic E-state index is 4.29. The van der Waals surface area contributed by atoms with Crippen LogP contribution < -0.4 is 5.32 Å². The van der Waals surface area contributed by atoms with Gasteiger partial charge in [-0.2, -0.15) is 11.8 Å². The molecule has 0 aliphatic heterocycles. The van der Waals surface area contributed by atoms with Crippen LogP contribution in [-0.4, -0.2) is 23.3 Å². The standard InChI is InChI=1S/C7H10BrN3S/c1-9-7-5(8)3-10-6(11-7)4-12-2/h3H,4H2,1-2H3,(H,9,10,11). The lowest BCUT2D eigenvalue weighted by molar-refractivity contribution is 1.03. The molecule has 1 heterocycles. The molecule has 0 fully saturated rings. The Morgan fingerprint density at radius 3 is 3.00 bits per heavy atom. The van der Waals surface area contributed by atoms with Crippen molar-refractivity contribution in [1.29, 1.82) is 0 Å². The maximum atomic E-state index is 4.29. The molecule has 0 bridgehead atoms. The Kier molecular flexibility index (Phi) is 3.81. The van der Waals surface area contributed by atoms with E-state index in [9.17, 15) is 0 Å². The average molecular weight is 248 g/mol. The minimum absolute atomic E-state index is 0.842. The number of halogens is 1. The van der Waals surface area contributed by atoms with Crippen molar-refractivity contribution in [2.45, 2.75) is 5.75 Å². The summed E-state index contributed by atoms with van der Waals surface area (Å²) in [6, 6.07) is 0. The first kappa shape index (κ1) is 9.80. The van der Waals surface area contributed by atoms with Crippen LogP contribution in [0.25, 0.3) is 0 Å². The number of nitrogens with one attached hydrogen (secondary N) is 1. The van der Waals surface area contributed by atoms with E-state index < -0.39 is 0 Å². The first-order valence-electron chi connectivity index (χ1n) is 3.46. The summed E-state index contributed by atoms with van der Waals surface area (Å²) in [4.78, 5) is 8.45. The Labute approximate surface area is 84.5 Å². The number of nitrogens with zero attached hydrogens (tertiary/aromatic N) is 2. The van der Waals surface area contributed by atoms with Gasteiger partial charge in [-0.1, -0.05) is 0 Å². The Hall–Kier alpha value is -0.290. The van der Waals surface area contributed by atoms with E-state index >= 15 is 0 Å². The summed E-state index contributed by atoms with van der Waals surface area (Å²) in [5, 5.41) is 2.99. The van der Waals surface area contributed by atoms with E-state index in [0.29, 0.717) is 0 Å². The summed E-state index contributed by atoms with van der Waals surface area (Å²) in [5.41, 5.74) is 0. The second-order valence-electron chi connectivity index (χ2n) is 2.17. The summed E-state index contributed by atoms with van der Waals surface area (Å²) in [6.45, 7) is 0. The van der Waals surface area contributed by atoms with Gasteiger partial charge in [0.15, 0.2) is 0 Å². The highest BCUT2D eigenvalue weighted by Crippen LogP contribution is 2.18. The predicted molar refractivity (Wildman–Crippen MR) is 56.5 cm³/mol. The lowest BCUT2D eigenvalue weighted by Crippen LogP contribution is -1.99. The van der Waals surface area contributed by atoms with Crippen molar-refractivity contribution < 1.29 is 0 Å². The van der Waals surface area contributed by atoms with E-state index in [1.807, 2.05) is 13.3 Å². The van der Waals surface area contributed by atoms with Gasteiger partial charge in [0.25, 0.3) is 0 Å². The van der Waals surface area contributed by atoms with Crippen LogP contribution >= 0.6 is 27.7 Å². The second-order valence-corrected chi connectivity index (χ2v) is 3.89. The van der Waals surface area contributed by atoms with Crippen molar-refractivity contribution in [2.75, 3.05) is 18.6 Å². The summed E-state index contributed by atoms with van der Waals surface area (Å²) >= 11 is 5.06. The minimum Gasteiger partial charge on any atom is -0.372 e. The van der Waals surface area contributed by atoms with Crippen LogP contribution in [0, 0.1) is 0 Å². The smallest absolute Gasteiger partial charge is 0.143 e. The number of rotatable bonds is 3. The minimum atomic E-state index is 0.842. The molecule has 0 unspecified atom stereocenters. The van der Waals surface area contributed by atoms with Crippen molar-refractivity contribution in [3.63, 3.8) is 0 Å². The zero-order valence-corrected chi connectivity index (χ0v) is 9.37. The quantitative estimate of drug-likeness (QED) is 0.889. The molecule has 0 spiro atoms. The highest BCUT2D eigenvalue weighted by Gasteiger charge is 2.01. The van der Waals surface area contributed by atoms with Crippen molar-refractivity contribution in [1.82, 2.24) is 9.97 Å². The molecule has 0 aliphatic carbocycles. The van der Waals surface area contributed by atoms with Crippen LogP contribution in [0.1, 0.15) is 5.82 Å². The van der Waals surface area contributed by atoms with Crippen molar-refractivity contribution in [3.05, 3.63) is 16.5 Å². The lowest BCUT2D eigenvalue weighted by Gasteiger charge is -2.03. The van der Waals surface area contributed by atoms with Gasteiger partial charge in [0.05, 0.1) is 10.2 Å². The first-order valence-corrected chi connectivity index (χ1v) is 5.64. The maximum Gasteiger partial charge on any atom is 0.143 e. The average Bonchev–Trinajstić information content (AvgIpc) is 2.09. The molecule has 0 radical (unpaired) electrons. The van der Waals surface area contributed by atoms with Gasteiger partial charge in [0.1, 0.15) is 11.6 Å². The van der Waals surface area contributed by atoms with E-state index in [1.54, 1.807) is 18.0 Å². The molecule has 0 aromatic carbocycles. The van der Waals surface area contributed by atoms with Gasteiger partial charge in [-0.05, 0) is 22.2 Å². The zero-order chi connectivity index (χ0) is 8.97. The van der Waals surface area contributed by atoms with E-state index in [0.717, 1.165) is 21.9 Å². The number of aromatic nitrogens is 2. The summed E-state index contributed by atoms with van der Waals surface area (Å²) in [5.74, 6) is 2.55. The largest absolute Gasteiger partial charge is 0.372 e. The van der Waals surface area contributed by atoms with Gasteiger partial charge < -0.3 is 5.32 Å². The van der Waals surface area contributed by atoms with Crippen LogP contribution in [0.5, 0.6) is 0 Å². The van der Waals surface area contributed by atoms with Crippen LogP contribution in [0.3, 0.4) is 0 Å². The van der Waals surface area contributed by atoms with Gasteiger partial charge in [-0.3, -0.25) is 0 Å². The molecule has 1 aromatic heterocycles. The number of thioether (sulfide) groups is 1. The summed E-state index contributed by atoms with van der Waals surface area (Å²) in [7, 11) is 1.84. The molecule has 0 atom stereocenters. The molecule has 1 aromatic rings. The van der Waals surface area contributed by atoms with Gasteiger partial charge in [0, 0.05) is 13.2 Å². The topological polar surface area (TPSA) is 37.8 Å².